The molecule has 0 saturated carbocycles. The van der Waals surface area contributed by atoms with E-state index in [1.54, 1.807) is 36.5 Å². The van der Waals surface area contributed by atoms with Gasteiger partial charge in [-0.1, -0.05) is 26.8 Å². The molecule has 0 atom stereocenters. The summed E-state index contributed by atoms with van der Waals surface area (Å²) in [4.78, 5) is 33.6. The third-order valence-electron chi connectivity index (χ3n) is 6.44. The Morgan fingerprint density at radius 3 is 2.13 bits per heavy atom. The zero-order chi connectivity index (χ0) is 27.7. The summed E-state index contributed by atoms with van der Waals surface area (Å²) in [5.41, 5.74) is 4.13. The number of nitrogens with zero attached hydrogens (tertiary/aromatic N) is 3. The number of aromatic nitrogens is 1. The maximum atomic E-state index is 13.6. The molecule has 4 rings (SSSR count). The summed E-state index contributed by atoms with van der Waals surface area (Å²) in [6, 6.07) is 14.2. The van der Waals surface area contributed by atoms with Crippen molar-refractivity contribution in [3.8, 4) is 16.9 Å². The van der Waals surface area contributed by atoms with Gasteiger partial charge < -0.3 is 14.9 Å². The monoisotopic (exact) mass is 536 g/mol. The molecule has 0 spiro atoms. The van der Waals surface area contributed by atoms with Crippen LogP contribution in [0.1, 0.15) is 47.1 Å². The molecule has 1 aliphatic heterocycles. The van der Waals surface area contributed by atoms with Crippen LogP contribution in [0, 0.1) is 0 Å². The highest BCUT2D eigenvalue weighted by Crippen LogP contribution is 2.31. The van der Waals surface area contributed by atoms with Crippen molar-refractivity contribution < 1.29 is 23.1 Å². The quantitative estimate of drug-likeness (QED) is 0.513. The molecule has 1 aromatic heterocycles. The van der Waals surface area contributed by atoms with Crippen LogP contribution in [0.25, 0.3) is 11.1 Å². The number of benzene rings is 2. The van der Waals surface area contributed by atoms with Crippen molar-refractivity contribution in [1.82, 2.24) is 14.6 Å². The first kappa shape index (κ1) is 27.1. The first-order chi connectivity index (χ1) is 17.8. The van der Waals surface area contributed by atoms with Crippen LogP contribution in [0.3, 0.4) is 0 Å². The Labute approximate surface area is 223 Å². The second kappa shape index (κ2) is 10.4. The van der Waals surface area contributed by atoms with Gasteiger partial charge in [-0.25, -0.2) is 13.1 Å². The number of hydrogen-bond donors (Lipinski definition) is 2. The van der Waals surface area contributed by atoms with E-state index in [0.29, 0.717) is 31.7 Å². The van der Waals surface area contributed by atoms with Crippen molar-refractivity contribution in [1.29, 1.82) is 0 Å². The Morgan fingerprint density at radius 2 is 1.55 bits per heavy atom. The molecule has 1 aliphatic rings. The first-order valence-electron chi connectivity index (χ1n) is 12.3. The van der Waals surface area contributed by atoms with Gasteiger partial charge in [0.1, 0.15) is 5.75 Å². The van der Waals surface area contributed by atoms with Gasteiger partial charge in [0.25, 0.3) is 11.8 Å². The SMILES string of the molecule is CC(C)(C)c1cc(C(=O)N2CCN(c3ccc(C(=O)NS(C)(=O)=O)cc3)CC2)cc(-c2cncc(O)c2)c1. The largest absolute Gasteiger partial charge is 0.506 e. The fraction of sp³-hybridized carbons (Fsp3) is 0.321. The lowest BCUT2D eigenvalue weighted by atomic mass is 9.84. The molecule has 38 heavy (non-hydrogen) atoms. The Hall–Kier alpha value is -3.92. The van der Waals surface area contributed by atoms with Gasteiger partial charge in [-0.15, -0.1) is 0 Å². The molecule has 200 valence electrons. The van der Waals surface area contributed by atoms with Gasteiger partial charge in [0, 0.05) is 54.8 Å². The number of sulfonamides is 1. The summed E-state index contributed by atoms with van der Waals surface area (Å²) in [5, 5.41) is 9.91. The van der Waals surface area contributed by atoms with Gasteiger partial charge in [-0.2, -0.15) is 0 Å². The summed E-state index contributed by atoms with van der Waals surface area (Å²) in [6.07, 6.45) is 3.98. The van der Waals surface area contributed by atoms with Crippen LogP contribution < -0.4 is 9.62 Å². The molecule has 2 heterocycles. The van der Waals surface area contributed by atoms with Gasteiger partial charge in [-0.05, 0) is 59.0 Å². The lowest BCUT2D eigenvalue weighted by Crippen LogP contribution is -2.48. The maximum absolute atomic E-state index is 13.6. The number of nitrogens with one attached hydrogen (secondary N) is 1. The second-order valence-electron chi connectivity index (χ2n) is 10.5. The minimum atomic E-state index is -3.63. The zero-order valence-electron chi connectivity index (χ0n) is 21.9. The molecule has 0 radical (unpaired) electrons. The van der Waals surface area contributed by atoms with E-state index < -0.39 is 15.9 Å². The third-order valence-corrected chi connectivity index (χ3v) is 7.00. The van der Waals surface area contributed by atoms with E-state index >= 15 is 0 Å². The van der Waals surface area contributed by atoms with Gasteiger partial charge >= 0.3 is 0 Å². The molecule has 2 N–H and O–H groups in total. The molecule has 2 amide bonds. The number of piperazine rings is 1. The lowest BCUT2D eigenvalue weighted by Gasteiger charge is -2.36. The predicted molar refractivity (Wildman–Crippen MR) is 147 cm³/mol. The second-order valence-corrected chi connectivity index (χ2v) is 12.3. The van der Waals surface area contributed by atoms with Gasteiger partial charge in [-0.3, -0.25) is 14.6 Å². The topological polar surface area (TPSA) is 120 Å². The van der Waals surface area contributed by atoms with Gasteiger partial charge in [0.2, 0.25) is 10.0 Å². The third kappa shape index (κ3) is 6.49. The molecule has 0 bridgehead atoms. The van der Waals surface area contributed by atoms with E-state index in [0.717, 1.165) is 28.6 Å². The molecular weight excluding hydrogens is 504 g/mol. The average Bonchev–Trinajstić information content (AvgIpc) is 2.87. The lowest BCUT2D eigenvalue weighted by molar-refractivity contribution is 0.0746. The van der Waals surface area contributed by atoms with Crippen molar-refractivity contribution in [2.45, 2.75) is 26.2 Å². The summed E-state index contributed by atoms with van der Waals surface area (Å²) in [6.45, 7) is 8.56. The van der Waals surface area contributed by atoms with E-state index in [9.17, 15) is 23.1 Å². The highest BCUT2D eigenvalue weighted by atomic mass is 32.2. The summed E-state index contributed by atoms with van der Waals surface area (Å²) < 4.78 is 24.6. The van der Waals surface area contributed by atoms with Crippen molar-refractivity contribution >= 4 is 27.5 Å². The Kier molecular flexibility index (Phi) is 7.46. The number of carbonyl (C=O) groups is 2. The zero-order valence-corrected chi connectivity index (χ0v) is 22.7. The molecule has 9 nitrogen and oxygen atoms in total. The summed E-state index contributed by atoms with van der Waals surface area (Å²) in [5.74, 6) is -0.664. The molecular formula is C28H32N4O5S. The number of anilines is 1. The molecule has 0 unspecified atom stereocenters. The van der Waals surface area contributed by atoms with E-state index in [-0.39, 0.29) is 22.6 Å². The fourth-order valence-corrected chi connectivity index (χ4v) is 4.79. The molecule has 0 aliphatic carbocycles. The summed E-state index contributed by atoms with van der Waals surface area (Å²) >= 11 is 0. The summed E-state index contributed by atoms with van der Waals surface area (Å²) in [7, 11) is -3.63. The van der Waals surface area contributed by atoms with Crippen LogP contribution in [0.4, 0.5) is 5.69 Å². The minimum absolute atomic E-state index is 0.0575. The van der Waals surface area contributed by atoms with E-state index in [2.05, 4.69) is 30.7 Å². The highest BCUT2D eigenvalue weighted by Gasteiger charge is 2.25. The average molecular weight is 537 g/mol. The Balaban J connectivity index is 1.48. The van der Waals surface area contributed by atoms with Crippen LogP contribution in [0.15, 0.2) is 60.9 Å². The van der Waals surface area contributed by atoms with Crippen molar-refractivity contribution in [2.75, 3.05) is 37.3 Å². The number of hydrogen-bond acceptors (Lipinski definition) is 7. The van der Waals surface area contributed by atoms with Crippen molar-refractivity contribution in [3.05, 3.63) is 77.6 Å². The standard InChI is InChI=1S/C28H32N4O5S/c1-28(2,3)23-14-20(22-16-25(33)18-29-17-22)13-21(15-23)27(35)32-11-9-31(10-12-32)24-7-5-19(6-8-24)26(34)30-38(4,36)37/h5-8,13-18,33H,9-12H2,1-4H3,(H,30,34). The fourth-order valence-electron chi connectivity index (χ4n) is 4.34. The normalized spacial score (nSPS) is 14.3. The Bertz CT molecular complexity index is 1460. The minimum Gasteiger partial charge on any atom is -0.506 e. The van der Waals surface area contributed by atoms with E-state index in [4.69, 9.17) is 0 Å². The van der Waals surface area contributed by atoms with Crippen molar-refractivity contribution in [3.63, 3.8) is 0 Å². The number of aromatic hydroxyl groups is 1. The number of amides is 2. The number of rotatable bonds is 5. The molecule has 2 aromatic carbocycles. The van der Waals surface area contributed by atoms with Gasteiger partial charge in [0.15, 0.2) is 0 Å². The molecule has 1 saturated heterocycles. The maximum Gasteiger partial charge on any atom is 0.264 e. The highest BCUT2D eigenvalue weighted by molar-refractivity contribution is 7.89. The first-order valence-corrected chi connectivity index (χ1v) is 14.2. The molecule has 10 heteroatoms. The van der Waals surface area contributed by atoms with E-state index in [1.165, 1.54) is 6.20 Å². The molecule has 3 aromatic rings. The van der Waals surface area contributed by atoms with Crippen LogP contribution in [-0.2, 0) is 15.4 Å². The van der Waals surface area contributed by atoms with Crippen LogP contribution >= 0.6 is 0 Å². The van der Waals surface area contributed by atoms with E-state index in [1.807, 2.05) is 27.8 Å². The van der Waals surface area contributed by atoms with Crippen LogP contribution in [0.2, 0.25) is 0 Å². The Morgan fingerprint density at radius 1 is 0.895 bits per heavy atom. The van der Waals surface area contributed by atoms with Crippen molar-refractivity contribution in [2.24, 2.45) is 0 Å². The van der Waals surface area contributed by atoms with Crippen LogP contribution in [-0.4, -0.2) is 67.7 Å². The number of pyridine rings is 1. The number of carbonyl (C=O) groups excluding carboxylic acids is 2. The smallest absolute Gasteiger partial charge is 0.264 e. The predicted octanol–water partition coefficient (Wildman–Crippen LogP) is 3.40. The molecule has 1 fully saturated rings. The van der Waals surface area contributed by atoms with Crippen LogP contribution in [0.5, 0.6) is 5.75 Å². The van der Waals surface area contributed by atoms with Gasteiger partial charge in [0.05, 0.1) is 12.5 Å².